The maximum absolute atomic E-state index is 2.52. The van der Waals surface area contributed by atoms with Crippen molar-refractivity contribution in [3.63, 3.8) is 0 Å². The molecule has 0 saturated heterocycles. The van der Waals surface area contributed by atoms with Crippen LogP contribution in [0.2, 0.25) is 0 Å². The number of rotatable bonds is 5. The summed E-state index contributed by atoms with van der Waals surface area (Å²) >= 11 is 0. The molecule has 0 amide bonds. The molecule has 0 spiro atoms. The average molecular weight is 284 g/mol. The van der Waals surface area contributed by atoms with Crippen LogP contribution in [0.25, 0.3) is 6.08 Å². The van der Waals surface area contributed by atoms with Gasteiger partial charge in [-0.1, -0.05) is 63.3 Å². The maximum atomic E-state index is 2.52. The van der Waals surface area contributed by atoms with E-state index in [1.54, 1.807) is 16.7 Å². The van der Waals surface area contributed by atoms with Crippen LogP contribution in [-0.2, 0) is 12.8 Å². The Morgan fingerprint density at radius 3 is 2.48 bits per heavy atom. The molecule has 0 nitrogen and oxygen atoms in total. The Bertz CT molecular complexity index is 487. The van der Waals surface area contributed by atoms with Crippen molar-refractivity contribution in [1.29, 1.82) is 0 Å². The largest absolute Gasteiger partial charge is 0.0696 e. The molecule has 0 radical (unpaired) electrons. The van der Waals surface area contributed by atoms with Gasteiger partial charge in [0.15, 0.2) is 0 Å². The third-order valence-corrected chi connectivity index (χ3v) is 5.17. The summed E-state index contributed by atoms with van der Waals surface area (Å²) in [6, 6.07) is 4.68. The van der Waals surface area contributed by atoms with E-state index in [2.05, 4.69) is 45.9 Å². The first kappa shape index (κ1) is 16.3. The van der Waals surface area contributed by atoms with Gasteiger partial charge in [-0.25, -0.2) is 0 Å². The molecule has 0 heteroatoms. The van der Waals surface area contributed by atoms with Gasteiger partial charge >= 0.3 is 0 Å². The van der Waals surface area contributed by atoms with Crippen molar-refractivity contribution in [3.05, 3.63) is 40.0 Å². The summed E-state index contributed by atoms with van der Waals surface area (Å²) in [6.07, 6.45) is 13.2. The second-order valence-electron chi connectivity index (χ2n) is 6.76. The van der Waals surface area contributed by atoms with Crippen LogP contribution >= 0.6 is 0 Å². The number of hydrogen-bond acceptors (Lipinski definition) is 0. The second-order valence-corrected chi connectivity index (χ2v) is 6.76. The molecule has 0 aliphatic heterocycles. The molecule has 0 bridgehead atoms. The van der Waals surface area contributed by atoms with E-state index in [4.69, 9.17) is 0 Å². The van der Waals surface area contributed by atoms with Crippen LogP contribution in [0, 0.1) is 12.8 Å². The standard InChI is InChI=1S/C21H32/c1-5-10-19-14-13-16(3)21(20(19)6-2)15-17(4)18-11-8-7-9-12-18/h13-15,18H,5-12H2,1-4H3/b17-15+. The fourth-order valence-electron chi connectivity index (χ4n) is 3.85. The van der Waals surface area contributed by atoms with E-state index >= 15 is 0 Å². The highest BCUT2D eigenvalue weighted by Gasteiger charge is 2.16. The van der Waals surface area contributed by atoms with Gasteiger partial charge in [-0.15, -0.1) is 0 Å². The Hall–Kier alpha value is -1.04. The third-order valence-electron chi connectivity index (χ3n) is 5.17. The van der Waals surface area contributed by atoms with Crippen LogP contribution in [0.5, 0.6) is 0 Å². The zero-order chi connectivity index (χ0) is 15.2. The fourth-order valence-corrected chi connectivity index (χ4v) is 3.85. The molecule has 0 aromatic heterocycles. The lowest BCUT2D eigenvalue weighted by molar-refractivity contribution is 0.404. The Morgan fingerprint density at radius 1 is 1.14 bits per heavy atom. The molecule has 0 atom stereocenters. The van der Waals surface area contributed by atoms with E-state index in [9.17, 15) is 0 Å². The van der Waals surface area contributed by atoms with Gasteiger partial charge in [0.1, 0.15) is 0 Å². The van der Waals surface area contributed by atoms with Gasteiger partial charge in [0.05, 0.1) is 0 Å². The molecule has 1 saturated carbocycles. The molecule has 0 unspecified atom stereocenters. The summed E-state index contributed by atoms with van der Waals surface area (Å²) < 4.78 is 0. The first-order chi connectivity index (χ1) is 10.2. The third kappa shape index (κ3) is 3.99. The Morgan fingerprint density at radius 2 is 1.86 bits per heavy atom. The van der Waals surface area contributed by atoms with E-state index < -0.39 is 0 Å². The zero-order valence-corrected chi connectivity index (χ0v) is 14.5. The monoisotopic (exact) mass is 284 g/mol. The molecule has 0 heterocycles. The van der Waals surface area contributed by atoms with Gasteiger partial charge in [-0.05, 0) is 67.7 Å². The van der Waals surface area contributed by atoms with Crippen molar-refractivity contribution in [2.75, 3.05) is 0 Å². The minimum absolute atomic E-state index is 0.831. The van der Waals surface area contributed by atoms with Gasteiger partial charge in [-0.2, -0.15) is 0 Å². The van der Waals surface area contributed by atoms with E-state index in [1.165, 1.54) is 56.1 Å². The highest BCUT2D eigenvalue weighted by molar-refractivity contribution is 5.62. The van der Waals surface area contributed by atoms with Gasteiger partial charge < -0.3 is 0 Å². The van der Waals surface area contributed by atoms with Crippen LogP contribution < -0.4 is 0 Å². The lowest BCUT2D eigenvalue weighted by Gasteiger charge is -2.23. The lowest BCUT2D eigenvalue weighted by atomic mass is 9.82. The Balaban J connectivity index is 2.34. The van der Waals surface area contributed by atoms with Gasteiger partial charge in [0.2, 0.25) is 0 Å². The summed E-state index contributed by atoms with van der Waals surface area (Å²) in [5.41, 5.74) is 7.73. The SMILES string of the molecule is CCCc1ccc(C)c(/C=C(\C)C2CCCCC2)c1CC. The number of allylic oxidation sites excluding steroid dienone is 1. The summed E-state index contributed by atoms with van der Waals surface area (Å²) in [4.78, 5) is 0. The summed E-state index contributed by atoms with van der Waals surface area (Å²) in [5, 5.41) is 0. The topological polar surface area (TPSA) is 0 Å². The molecule has 1 aromatic rings. The van der Waals surface area contributed by atoms with Crippen LogP contribution in [-0.4, -0.2) is 0 Å². The molecule has 2 rings (SSSR count). The zero-order valence-electron chi connectivity index (χ0n) is 14.5. The number of aryl methyl sites for hydroxylation is 2. The summed E-state index contributed by atoms with van der Waals surface area (Å²) in [5.74, 6) is 0.831. The molecule has 1 fully saturated rings. The van der Waals surface area contributed by atoms with E-state index in [1.807, 2.05) is 0 Å². The fraction of sp³-hybridized carbons (Fsp3) is 0.619. The number of benzene rings is 1. The molecule has 0 N–H and O–H groups in total. The molecule has 21 heavy (non-hydrogen) atoms. The summed E-state index contributed by atoms with van der Waals surface area (Å²) in [7, 11) is 0. The van der Waals surface area contributed by atoms with Crippen LogP contribution in [0.4, 0.5) is 0 Å². The quantitative estimate of drug-likeness (QED) is 0.579. The van der Waals surface area contributed by atoms with Crippen LogP contribution in [0.1, 0.15) is 81.5 Å². The van der Waals surface area contributed by atoms with E-state index in [0.717, 1.165) is 12.3 Å². The van der Waals surface area contributed by atoms with Crippen molar-refractivity contribution < 1.29 is 0 Å². The predicted octanol–water partition coefficient (Wildman–Crippen LogP) is 6.49. The highest BCUT2D eigenvalue weighted by atomic mass is 14.2. The number of hydrogen-bond donors (Lipinski definition) is 0. The average Bonchev–Trinajstić information content (AvgIpc) is 2.51. The highest BCUT2D eigenvalue weighted by Crippen LogP contribution is 2.32. The summed E-state index contributed by atoms with van der Waals surface area (Å²) in [6.45, 7) is 9.22. The maximum Gasteiger partial charge on any atom is -0.0193 e. The lowest BCUT2D eigenvalue weighted by Crippen LogP contribution is -2.08. The predicted molar refractivity (Wildman–Crippen MR) is 94.8 cm³/mol. The molecular formula is C21H32. The van der Waals surface area contributed by atoms with E-state index in [0.29, 0.717) is 0 Å². The van der Waals surface area contributed by atoms with Crippen molar-refractivity contribution >= 4 is 6.08 Å². The van der Waals surface area contributed by atoms with Crippen molar-refractivity contribution in [2.24, 2.45) is 5.92 Å². The van der Waals surface area contributed by atoms with Crippen molar-refractivity contribution in [3.8, 4) is 0 Å². The molecule has 1 aliphatic carbocycles. The minimum atomic E-state index is 0.831. The molecular weight excluding hydrogens is 252 g/mol. The first-order valence-corrected chi connectivity index (χ1v) is 8.96. The van der Waals surface area contributed by atoms with Crippen molar-refractivity contribution in [2.45, 2.75) is 79.1 Å². The van der Waals surface area contributed by atoms with Gasteiger partial charge in [0.25, 0.3) is 0 Å². The minimum Gasteiger partial charge on any atom is -0.0696 e. The molecule has 1 aromatic carbocycles. The van der Waals surface area contributed by atoms with Crippen molar-refractivity contribution in [1.82, 2.24) is 0 Å². The Kier molecular flexibility index (Phi) is 6.08. The van der Waals surface area contributed by atoms with Gasteiger partial charge in [0, 0.05) is 0 Å². The first-order valence-electron chi connectivity index (χ1n) is 8.96. The normalized spacial score (nSPS) is 17.2. The second kappa shape index (κ2) is 7.82. The molecule has 1 aliphatic rings. The van der Waals surface area contributed by atoms with Gasteiger partial charge in [-0.3, -0.25) is 0 Å². The van der Waals surface area contributed by atoms with Crippen LogP contribution in [0.15, 0.2) is 17.7 Å². The molecule has 116 valence electrons. The van der Waals surface area contributed by atoms with Crippen LogP contribution in [0.3, 0.4) is 0 Å². The smallest absolute Gasteiger partial charge is 0.0193 e. The Labute approximate surface area is 131 Å². The van der Waals surface area contributed by atoms with E-state index in [-0.39, 0.29) is 0 Å².